The molecule has 0 unspecified atom stereocenters. The highest BCUT2D eigenvalue weighted by atomic mass is 16.5. The molecule has 1 aromatic carbocycles. The number of H-pyrrole nitrogens is 1. The average Bonchev–Trinajstić information content (AvgIpc) is 3.09. The van der Waals surface area contributed by atoms with E-state index >= 15 is 0 Å². The number of carbonyl (C=O) groups is 1. The molecule has 0 fully saturated rings. The van der Waals surface area contributed by atoms with Gasteiger partial charge in [-0.2, -0.15) is 0 Å². The van der Waals surface area contributed by atoms with Gasteiger partial charge in [0.1, 0.15) is 5.82 Å². The van der Waals surface area contributed by atoms with Crippen molar-refractivity contribution in [3.8, 4) is 0 Å². The highest BCUT2D eigenvalue weighted by molar-refractivity contribution is 6.02. The van der Waals surface area contributed by atoms with Crippen LogP contribution in [0.4, 0.5) is 11.5 Å². The van der Waals surface area contributed by atoms with Crippen molar-refractivity contribution in [2.24, 2.45) is 0 Å². The van der Waals surface area contributed by atoms with E-state index in [0.29, 0.717) is 19.0 Å². The Balaban J connectivity index is 1.98. The maximum atomic E-state index is 12.2. The summed E-state index contributed by atoms with van der Waals surface area (Å²) in [5.74, 6) is 0.673. The van der Waals surface area contributed by atoms with Crippen LogP contribution >= 0.6 is 0 Å². The molecule has 0 atom stereocenters. The number of anilines is 2. The first-order valence-electron chi connectivity index (χ1n) is 8.07. The molecule has 4 N–H and O–H groups in total. The Morgan fingerprint density at radius 2 is 2.20 bits per heavy atom. The van der Waals surface area contributed by atoms with Crippen molar-refractivity contribution in [2.45, 2.75) is 6.92 Å². The van der Waals surface area contributed by atoms with Crippen LogP contribution in [0.25, 0.3) is 5.57 Å². The normalized spacial score (nSPS) is 10.5. The molecule has 25 heavy (non-hydrogen) atoms. The summed E-state index contributed by atoms with van der Waals surface area (Å²) in [6, 6.07) is 5.84. The van der Waals surface area contributed by atoms with Gasteiger partial charge in [0.2, 0.25) is 0 Å². The van der Waals surface area contributed by atoms with Crippen molar-refractivity contribution in [3.05, 3.63) is 47.9 Å². The van der Waals surface area contributed by atoms with Crippen LogP contribution in [-0.4, -0.2) is 49.7 Å². The van der Waals surface area contributed by atoms with E-state index in [1.807, 2.05) is 25.1 Å². The van der Waals surface area contributed by atoms with E-state index in [1.165, 1.54) is 0 Å². The van der Waals surface area contributed by atoms with Gasteiger partial charge >= 0.3 is 0 Å². The first kappa shape index (κ1) is 18.7. The zero-order valence-electron chi connectivity index (χ0n) is 14.9. The van der Waals surface area contributed by atoms with Crippen molar-refractivity contribution in [2.75, 3.05) is 44.5 Å². The molecule has 7 heteroatoms. The highest BCUT2D eigenvalue weighted by Crippen LogP contribution is 2.21. The Morgan fingerprint density at radius 1 is 1.40 bits per heavy atom. The molecule has 0 saturated heterocycles. The number of imidazole rings is 1. The first-order valence-corrected chi connectivity index (χ1v) is 8.07. The van der Waals surface area contributed by atoms with Crippen molar-refractivity contribution in [1.29, 1.82) is 0 Å². The van der Waals surface area contributed by atoms with Gasteiger partial charge in [0, 0.05) is 32.9 Å². The summed E-state index contributed by atoms with van der Waals surface area (Å²) in [7, 11) is 3.43. The third-order valence-corrected chi connectivity index (χ3v) is 3.76. The number of aromatic amines is 1. The molecule has 0 aliphatic carbocycles. The number of aryl methyl sites for hydroxylation is 1. The number of ether oxygens (including phenoxy) is 1. The topological polar surface area (TPSA) is 91.1 Å². The number of aromatic nitrogens is 2. The molecule has 134 valence electrons. The summed E-state index contributed by atoms with van der Waals surface area (Å²) < 4.78 is 5.00. The summed E-state index contributed by atoms with van der Waals surface area (Å²) >= 11 is 0. The number of carbonyl (C=O) groups excluding carboxylic acids is 1. The van der Waals surface area contributed by atoms with Gasteiger partial charge in [-0.15, -0.1) is 0 Å². The minimum absolute atomic E-state index is 0.263. The molecular formula is C18H25N5O2. The third-order valence-electron chi connectivity index (χ3n) is 3.76. The van der Waals surface area contributed by atoms with Crippen LogP contribution in [0.1, 0.15) is 21.7 Å². The molecule has 1 aromatic heterocycles. The second-order valence-electron chi connectivity index (χ2n) is 5.65. The van der Waals surface area contributed by atoms with Crippen LogP contribution in [0.3, 0.4) is 0 Å². The summed E-state index contributed by atoms with van der Waals surface area (Å²) in [5, 5.41) is 9.04. The van der Waals surface area contributed by atoms with Crippen LogP contribution in [-0.2, 0) is 4.74 Å². The molecule has 0 radical (unpaired) electrons. The van der Waals surface area contributed by atoms with Gasteiger partial charge in [-0.3, -0.25) is 4.79 Å². The number of rotatable bonds is 9. The van der Waals surface area contributed by atoms with Gasteiger partial charge in [-0.1, -0.05) is 12.6 Å². The Kier molecular flexibility index (Phi) is 6.73. The van der Waals surface area contributed by atoms with Crippen LogP contribution < -0.4 is 16.0 Å². The van der Waals surface area contributed by atoms with Gasteiger partial charge in [-0.05, 0) is 35.8 Å². The van der Waals surface area contributed by atoms with Gasteiger partial charge < -0.3 is 25.7 Å². The number of nitrogens with one attached hydrogen (secondary N) is 4. The van der Waals surface area contributed by atoms with E-state index in [9.17, 15) is 4.79 Å². The largest absolute Gasteiger partial charge is 0.383 e. The lowest BCUT2D eigenvalue weighted by Crippen LogP contribution is -2.21. The molecule has 1 heterocycles. The summed E-state index contributed by atoms with van der Waals surface area (Å²) in [5.41, 5.74) is 3.73. The second kappa shape index (κ2) is 9.00. The zero-order chi connectivity index (χ0) is 18.2. The van der Waals surface area contributed by atoms with Gasteiger partial charge in [0.05, 0.1) is 12.8 Å². The molecule has 7 nitrogen and oxygen atoms in total. The van der Waals surface area contributed by atoms with Crippen LogP contribution in [0.5, 0.6) is 0 Å². The monoisotopic (exact) mass is 343 g/mol. The molecule has 1 amide bonds. The van der Waals surface area contributed by atoms with Crippen LogP contribution in [0, 0.1) is 6.92 Å². The number of nitrogens with zero attached hydrogens (tertiary/aromatic N) is 1. The molecule has 2 aromatic rings. The SMILES string of the molecule is C=C(CNCCOC)c1ccc(NC(=O)c2ncc(NC)[nH]2)c(C)c1. The van der Waals surface area contributed by atoms with Crippen LogP contribution in [0.2, 0.25) is 0 Å². The van der Waals surface area contributed by atoms with E-state index in [2.05, 4.69) is 32.5 Å². The molecular weight excluding hydrogens is 318 g/mol. The number of hydrogen-bond donors (Lipinski definition) is 4. The number of hydrogen-bond acceptors (Lipinski definition) is 5. The Bertz CT molecular complexity index is 739. The minimum atomic E-state index is -0.280. The van der Waals surface area contributed by atoms with E-state index in [-0.39, 0.29) is 11.7 Å². The number of amides is 1. The lowest BCUT2D eigenvalue weighted by molar-refractivity contribution is 0.101. The predicted octanol–water partition coefficient (Wildman–Crippen LogP) is 2.26. The molecule has 0 aliphatic heterocycles. The number of benzene rings is 1. The van der Waals surface area contributed by atoms with Crippen molar-refractivity contribution >= 4 is 23.0 Å². The Labute approximate surface area is 147 Å². The van der Waals surface area contributed by atoms with Crippen molar-refractivity contribution in [3.63, 3.8) is 0 Å². The van der Waals surface area contributed by atoms with E-state index in [4.69, 9.17) is 4.74 Å². The third kappa shape index (κ3) is 5.17. The second-order valence-corrected chi connectivity index (χ2v) is 5.65. The molecule has 2 rings (SSSR count). The van der Waals surface area contributed by atoms with Gasteiger partial charge in [-0.25, -0.2) is 4.98 Å². The molecule has 0 bridgehead atoms. The average molecular weight is 343 g/mol. The van der Waals surface area contributed by atoms with E-state index in [1.54, 1.807) is 20.4 Å². The molecule has 0 saturated carbocycles. The molecule has 0 aliphatic rings. The molecule has 0 spiro atoms. The van der Waals surface area contributed by atoms with E-state index in [0.717, 1.165) is 28.9 Å². The predicted molar refractivity (Wildman–Crippen MR) is 101 cm³/mol. The van der Waals surface area contributed by atoms with Crippen molar-refractivity contribution < 1.29 is 9.53 Å². The fourth-order valence-electron chi connectivity index (χ4n) is 2.28. The maximum absolute atomic E-state index is 12.2. The standard InChI is InChI=1S/C18H25N5O2/c1-12-9-14(13(2)10-20-7-8-25-4)5-6-15(12)22-18(24)17-21-11-16(19-3)23-17/h5-6,9,11,19-20H,2,7-8,10H2,1,3-4H3,(H,21,23)(H,22,24). The lowest BCUT2D eigenvalue weighted by atomic mass is 10.0. The summed E-state index contributed by atoms with van der Waals surface area (Å²) in [6.45, 7) is 8.18. The Hall–Kier alpha value is -2.64. The maximum Gasteiger partial charge on any atom is 0.291 e. The Morgan fingerprint density at radius 3 is 2.84 bits per heavy atom. The zero-order valence-corrected chi connectivity index (χ0v) is 14.9. The smallest absolute Gasteiger partial charge is 0.291 e. The minimum Gasteiger partial charge on any atom is -0.383 e. The van der Waals surface area contributed by atoms with Crippen LogP contribution in [0.15, 0.2) is 31.0 Å². The highest BCUT2D eigenvalue weighted by Gasteiger charge is 2.12. The summed E-state index contributed by atoms with van der Waals surface area (Å²) in [6.07, 6.45) is 1.57. The first-order chi connectivity index (χ1) is 12.0. The van der Waals surface area contributed by atoms with Gasteiger partial charge in [0.15, 0.2) is 5.82 Å². The number of methoxy groups -OCH3 is 1. The lowest BCUT2D eigenvalue weighted by Gasteiger charge is -2.12. The fourth-order valence-corrected chi connectivity index (χ4v) is 2.28. The summed E-state index contributed by atoms with van der Waals surface area (Å²) in [4.78, 5) is 19.2. The van der Waals surface area contributed by atoms with Crippen molar-refractivity contribution in [1.82, 2.24) is 15.3 Å². The fraction of sp³-hybridized carbons (Fsp3) is 0.333. The van der Waals surface area contributed by atoms with Gasteiger partial charge in [0.25, 0.3) is 5.91 Å². The quantitative estimate of drug-likeness (QED) is 0.524. The van der Waals surface area contributed by atoms with E-state index < -0.39 is 0 Å².